The Balaban J connectivity index is 1.85. The van der Waals surface area contributed by atoms with Gasteiger partial charge in [0, 0.05) is 17.4 Å². The van der Waals surface area contributed by atoms with Crippen LogP contribution in [0.3, 0.4) is 0 Å². The number of thioether (sulfide) groups is 1. The largest absolute Gasteiger partial charge is 0.353 e. The van der Waals surface area contributed by atoms with Crippen molar-refractivity contribution in [3.63, 3.8) is 0 Å². The van der Waals surface area contributed by atoms with Crippen LogP contribution in [-0.4, -0.2) is 26.2 Å². The second kappa shape index (κ2) is 8.00. The predicted molar refractivity (Wildman–Crippen MR) is 111 cm³/mol. The second-order valence-electron chi connectivity index (χ2n) is 6.75. The zero-order valence-electron chi connectivity index (χ0n) is 16.0. The molecule has 7 heteroatoms. The van der Waals surface area contributed by atoms with E-state index >= 15 is 0 Å². The van der Waals surface area contributed by atoms with Gasteiger partial charge in [0.15, 0.2) is 5.16 Å². The summed E-state index contributed by atoms with van der Waals surface area (Å²) in [5, 5.41) is 3.46. The molecule has 3 aromatic rings. The van der Waals surface area contributed by atoms with Gasteiger partial charge in [0.25, 0.3) is 5.56 Å². The molecule has 0 aliphatic carbocycles. The molecule has 3 rings (SSSR count). The second-order valence-corrected chi connectivity index (χ2v) is 7.69. The fraction of sp³-hybridized carbons (Fsp3) is 0.350. The van der Waals surface area contributed by atoms with Crippen molar-refractivity contribution < 1.29 is 4.79 Å². The lowest BCUT2D eigenvalue weighted by Gasteiger charge is -2.17. The van der Waals surface area contributed by atoms with Crippen LogP contribution in [0.1, 0.15) is 37.6 Å². The van der Waals surface area contributed by atoms with E-state index in [4.69, 9.17) is 0 Å². The van der Waals surface area contributed by atoms with Gasteiger partial charge in [-0.15, -0.1) is 0 Å². The third kappa shape index (κ3) is 4.24. The molecular weight excluding hydrogens is 360 g/mol. The van der Waals surface area contributed by atoms with Crippen LogP contribution in [0.5, 0.6) is 0 Å². The number of H-pyrrole nitrogens is 1. The number of carbonyl (C=O) groups is 1. The molecule has 1 atom stereocenters. The number of hydrogen-bond donors (Lipinski definition) is 2. The number of hydrogen-bond acceptors (Lipinski definition) is 4. The number of carbonyl (C=O) groups excluding carboxylic acids is 1. The molecule has 2 aromatic heterocycles. The quantitative estimate of drug-likeness (QED) is 0.496. The number of anilines is 1. The molecule has 0 unspecified atom stereocenters. The van der Waals surface area contributed by atoms with Crippen molar-refractivity contribution in [1.82, 2.24) is 14.5 Å². The number of amides is 1. The summed E-state index contributed by atoms with van der Waals surface area (Å²) >= 11 is 1.29. The summed E-state index contributed by atoms with van der Waals surface area (Å²) in [7, 11) is 0. The molecule has 0 saturated heterocycles. The molecule has 0 aliphatic rings. The maximum Gasteiger partial charge on any atom is 0.278 e. The predicted octanol–water partition coefficient (Wildman–Crippen LogP) is 4.04. The highest BCUT2D eigenvalue weighted by molar-refractivity contribution is 7.99. The number of aromatic nitrogens is 3. The maximum atomic E-state index is 12.9. The summed E-state index contributed by atoms with van der Waals surface area (Å²) in [5.41, 5.74) is 3.80. The zero-order chi connectivity index (χ0) is 19.6. The van der Waals surface area contributed by atoms with Crippen molar-refractivity contribution in [2.45, 2.75) is 45.3 Å². The van der Waals surface area contributed by atoms with Crippen LogP contribution in [0.2, 0.25) is 0 Å². The van der Waals surface area contributed by atoms with E-state index in [2.05, 4.69) is 15.3 Å². The molecule has 0 saturated carbocycles. The first kappa shape index (κ1) is 19.2. The van der Waals surface area contributed by atoms with E-state index in [1.54, 1.807) is 4.57 Å². The van der Waals surface area contributed by atoms with E-state index < -0.39 is 0 Å². The van der Waals surface area contributed by atoms with Crippen LogP contribution in [-0.2, 0) is 4.79 Å². The number of aromatic amines is 1. The van der Waals surface area contributed by atoms with E-state index in [1.807, 2.05) is 58.0 Å². The van der Waals surface area contributed by atoms with Gasteiger partial charge in [0.2, 0.25) is 5.91 Å². The Bertz CT molecular complexity index is 1040. The average molecular weight is 385 g/mol. The van der Waals surface area contributed by atoms with Gasteiger partial charge in [-0.05, 0) is 51.0 Å². The number of benzene rings is 1. The van der Waals surface area contributed by atoms with Crippen LogP contribution < -0.4 is 10.9 Å². The van der Waals surface area contributed by atoms with Gasteiger partial charge in [0.05, 0.1) is 11.3 Å². The van der Waals surface area contributed by atoms with Crippen molar-refractivity contribution in [3.05, 3.63) is 51.9 Å². The molecule has 0 radical (unpaired) electrons. The topological polar surface area (TPSA) is 79.8 Å². The van der Waals surface area contributed by atoms with E-state index in [1.165, 1.54) is 11.8 Å². The minimum Gasteiger partial charge on any atom is -0.353 e. The Morgan fingerprint density at radius 1 is 1.33 bits per heavy atom. The van der Waals surface area contributed by atoms with Gasteiger partial charge >= 0.3 is 0 Å². The fourth-order valence-electron chi connectivity index (χ4n) is 2.91. The number of fused-ring (bicyclic) bond motifs is 1. The molecule has 2 heterocycles. The van der Waals surface area contributed by atoms with Crippen LogP contribution in [0.15, 0.2) is 40.3 Å². The Morgan fingerprint density at radius 2 is 2.11 bits per heavy atom. The van der Waals surface area contributed by atoms with Gasteiger partial charge in [-0.2, -0.15) is 0 Å². The molecule has 1 aromatic carbocycles. The molecule has 0 fully saturated rings. The van der Waals surface area contributed by atoms with E-state index in [-0.39, 0.29) is 23.3 Å². The SMILES string of the molecule is CC[C@H](C)n1c(SCC(=O)Nc2cccc(C)c2)nc2cc(C)[nH]c2c1=O. The average Bonchev–Trinajstić information content (AvgIpc) is 3.00. The van der Waals surface area contributed by atoms with Gasteiger partial charge in [0.1, 0.15) is 5.52 Å². The third-order valence-corrected chi connectivity index (χ3v) is 5.40. The van der Waals surface area contributed by atoms with Crippen LogP contribution >= 0.6 is 11.8 Å². The van der Waals surface area contributed by atoms with Crippen molar-refractivity contribution in [2.75, 3.05) is 11.1 Å². The van der Waals surface area contributed by atoms with Gasteiger partial charge < -0.3 is 10.3 Å². The summed E-state index contributed by atoms with van der Waals surface area (Å²) in [6.45, 7) is 7.89. The van der Waals surface area contributed by atoms with Crippen molar-refractivity contribution in [2.24, 2.45) is 0 Å². The normalized spacial score (nSPS) is 12.3. The van der Waals surface area contributed by atoms with Crippen molar-refractivity contribution in [3.8, 4) is 0 Å². The monoisotopic (exact) mass is 384 g/mol. The third-order valence-electron chi connectivity index (χ3n) is 4.45. The van der Waals surface area contributed by atoms with E-state index in [9.17, 15) is 9.59 Å². The summed E-state index contributed by atoms with van der Waals surface area (Å²) < 4.78 is 1.68. The maximum absolute atomic E-state index is 12.9. The number of nitrogens with zero attached hydrogens (tertiary/aromatic N) is 2. The van der Waals surface area contributed by atoms with Gasteiger partial charge in [-0.25, -0.2) is 4.98 Å². The number of nitrogens with one attached hydrogen (secondary N) is 2. The van der Waals surface area contributed by atoms with Gasteiger partial charge in [-0.1, -0.05) is 30.8 Å². The molecule has 142 valence electrons. The highest BCUT2D eigenvalue weighted by Crippen LogP contribution is 2.23. The Kier molecular flexibility index (Phi) is 5.70. The first-order valence-corrected chi connectivity index (χ1v) is 9.98. The molecule has 0 spiro atoms. The van der Waals surface area contributed by atoms with Gasteiger partial charge in [-0.3, -0.25) is 14.2 Å². The summed E-state index contributed by atoms with van der Waals surface area (Å²) in [4.78, 5) is 33.0. The number of aryl methyl sites for hydroxylation is 2. The van der Waals surface area contributed by atoms with Crippen molar-refractivity contribution >= 4 is 34.4 Å². The molecule has 0 aliphatic heterocycles. The standard InChI is InChI=1S/C20H24N4O2S/c1-5-14(4)24-19(26)18-16(10-13(3)21-18)23-20(24)27-11-17(25)22-15-8-6-7-12(2)9-15/h6-10,14,21H,5,11H2,1-4H3,(H,22,25)/t14-/m0/s1. The minimum absolute atomic E-state index is 0.000315. The first-order valence-electron chi connectivity index (χ1n) is 9.00. The first-order chi connectivity index (χ1) is 12.9. The summed E-state index contributed by atoms with van der Waals surface area (Å²) in [6.07, 6.45) is 0.801. The van der Waals surface area contributed by atoms with Crippen LogP contribution in [0.25, 0.3) is 11.0 Å². The van der Waals surface area contributed by atoms with Crippen LogP contribution in [0, 0.1) is 13.8 Å². The highest BCUT2D eigenvalue weighted by Gasteiger charge is 2.18. The van der Waals surface area contributed by atoms with E-state index in [0.717, 1.165) is 23.4 Å². The van der Waals surface area contributed by atoms with Crippen LogP contribution in [0.4, 0.5) is 5.69 Å². The zero-order valence-corrected chi connectivity index (χ0v) is 16.8. The molecule has 6 nitrogen and oxygen atoms in total. The summed E-state index contributed by atoms with van der Waals surface area (Å²) in [6, 6.07) is 9.52. The molecule has 2 N–H and O–H groups in total. The molecule has 1 amide bonds. The molecule has 27 heavy (non-hydrogen) atoms. The lowest BCUT2D eigenvalue weighted by Crippen LogP contribution is -2.26. The minimum atomic E-state index is -0.124. The number of rotatable bonds is 6. The molecular formula is C20H24N4O2S. The Hall–Kier alpha value is -2.54. The molecule has 0 bridgehead atoms. The lowest BCUT2D eigenvalue weighted by molar-refractivity contribution is -0.113. The Morgan fingerprint density at radius 3 is 2.81 bits per heavy atom. The van der Waals surface area contributed by atoms with E-state index in [0.29, 0.717) is 16.2 Å². The summed E-state index contributed by atoms with van der Waals surface area (Å²) in [5.74, 6) is 0.0621. The smallest absolute Gasteiger partial charge is 0.278 e. The fourth-order valence-corrected chi connectivity index (χ4v) is 3.81. The highest BCUT2D eigenvalue weighted by atomic mass is 32.2. The van der Waals surface area contributed by atoms with Crippen molar-refractivity contribution in [1.29, 1.82) is 0 Å². The Labute approximate surface area is 162 Å². The lowest BCUT2D eigenvalue weighted by atomic mass is 10.2.